The Bertz CT molecular complexity index is 815. The lowest BCUT2D eigenvalue weighted by Crippen LogP contribution is -2.86. The Labute approximate surface area is 178 Å². The number of aliphatic hydroxyl groups is 1. The van der Waals surface area contributed by atoms with Crippen molar-refractivity contribution < 1.29 is 24.1 Å². The van der Waals surface area contributed by atoms with Gasteiger partial charge in [-0.15, -0.1) is 0 Å². The lowest BCUT2D eigenvalue weighted by Gasteiger charge is -2.81. The largest absolute Gasteiger partial charge is 0.459 e. The zero-order valence-electron chi connectivity index (χ0n) is 18.4. The van der Waals surface area contributed by atoms with Crippen molar-refractivity contribution in [2.24, 2.45) is 34.0 Å². The molecule has 166 valence electrons. The first-order valence-corrected chi connectivity index (χ1v) is 12.2. The Morgan fingerprint density at radius 3 is 2.80 bits per heavy atom. The number of esters is 1. The monoisotopic (exact) mass is 417 g/mol. The van der Waals surface area contributed by atoms with Gasteiger partial charge in [0.2, 0.25) is 0 Å². The van der Waals surface area contributed by atoms with Crippen LogP contribution >= 0.6 is 0 Å². The summed E-state index contributed by atoms with van der Waals surface area (Å²) in [6, 6.07) is 0. The van der Waals surface area contributed by atoms with Crippen molar-refractivity contribution in [1.29, 1.82) is 0 Å². The summed E-state index contributed by atoms with van der Waals surface area (Å²) in [5.74, 6) is 1.01. The van der Waals surface area contributed by atoms with E-state index < -0.39 is 5.60 Å². The third kappa shape index (κ3) is 1.84. The van der Waals surface area contributed by atoms with Crippen molar-refractivity contribution in [2.75, 3.05) is 13.2 Å². The first kappa shape index (κ1) is 18.8. The molecule has 5 saturated carbocycles. The van der Waals surface area contributed by atoms with E-state index in [9.17, 15) is 9.90 Å². The molecule has 6 heteroatoms. The van der Waals surface area contributed by atoms with Crippen LogP contribution in [0.3, 0.4) is 0 Å². The van der Waals surface area contributed by atoms with Gasteiger partial charge in [-0.3, -0.25) is 4.79 Å². The molecular formula is C24H35NO5. The van der Waals surface area contributed by atoms with Crippen LogP contribution in [0.15, 0.2) is 0 Å². The predicted molar refractivity (Wildman–Crippen MR) is 107 cm³/mol. The molecule has 7 bridgehead atoms. The number of piperidine rings is 1. The fourth-order valence-corrected chi connectivity index (χ4v) is 10.5. The van der Waals surface area contributed by atoms with Gasteiger partial charge in [-0.1, -0.05) is 13.3 Å². The molecule has 0 aromatic carbocycles. The smallest absolute Gasteiger partial charge is 0.303 e. The average Bonchev–Trinajstić information content (AvgIpc) is 3.16. The van der Waals surface area contributed by atoms with E-state index in [1.165, 1.54) is 6.42 Å². The summed E-state index contributed by atoms with van der Waals surface area (Å²) in [5.41, 5.74) is -0.730. The molecule has 0 radical (unpaired) electrons. The molecule has 5 aliphatic carbocycles. The minimum atomic E-state index is -0.640. The highest BCUT2D eigenvalue weighted by atomic mass is 16.6. The fraction of sp³-hybridized carbons (Fsp3) is 0.958. The maximum absolute atomic E-state index is 12.3. The van der Waals surface area contributed by atoms with E-state index in [0.717, 1.165) is 51.7 Å². The average molecular weight is 418 g/mol. The number of carbonyl (C=O) groups is 1. The van der Waals surface area contributed by atoms with Gasteiger partial charge >= 0.3 is 5.97 Å². The van der Waals surface area contributed by atoms with E-state index in [0.29, 0.717) is 11.8 Å². The topological polar surface area (TPSA) is 68.2 Å². The minimum absolute atomic E-state index is 0.00123. The number of fused-ring (bicyclic) bond motifs is 4. The van der Waals surface area contributed by atoms with Crippen molar-refractivity contribution in [2.45, 2.75) is 96.0 Å². The molecule has 0 unspecified atom stereocenters. The van der Waals surface area contributed by atoms with Crippen molar-refractivity contribution in [3.8, 4) is 0 Å². The lowest BCUT2D eigenvalue weighted by atomic mass is 9.31. The predicted octanol–water partition coefficient (Wildman–Crippen LogP) is 2.68. The van der Waals surface area contributed by atoms with Gasteiger partial charge in [-0.2, -0.15) is 0 Å². The highest BCUT2D eigenvalue weighted by Gasteiger charge is 2.83. The third-order valence-corrected chi connectivity index (χ3v) is 11.0. The summed E-state index contributed by atoms with van der Waals surface area (Å²) in [4.78, 5) is 14.8. The van der Waals surface area contributed by atoms with Crippen LogP contribution in [0.5, 0.6) is 0 Å². The van der Waals surface area contributed by atoms with Crippen LogP contribution in [0.1, 0.15) is 65.7 Å². The van der Waals surface area contributed by atoms with Gasteiger partial charge in [0.05, 0.1) is 12.2 Å². The van der Waals surface area contributed by atoms with E-state index in [-0.39, 0.29) is 52.8 Å². The van der Waals surface area contributed by atoms with Crippen LogP contribution in [0, 0.1) is 34.0 Å². The number of hydrogen-bond acceptors (Lipinski definition) is 6. The highest BCUT2D eigenvalue weighted by Crippen LogP contribution is 2.80. The molecule has 4 heterocycles. The van der Waals surface area contributed by atoms with Crippen molar-refractivity contribution in [3.05, 3.63) is 0 Å². The van der Waals surface area contributed by atoms with Crippen molar-refractivity contribution in [3.63, 3.8) is 0 Å². The van der Waals surface area contributed by atoms with Gasteiger partial charge in [0.15, 0.2) is 0 Å². The first-order chi connectivity index (χ1) is 14.2. The molecule has 9 rings (SSSR count). The molecule has 1 N–H and O–H groups in total. The molecule has 0 amide bonds. The molecule has 6 nitrogen and oxygen atoms in total. The number of carbonyl (C=O) groups excluding carboxylic acids is 1. The zero-order chi connectivity index (χ0) is 20.7. The minimum Gasteiger partial charge on any atom is -0.459 e. The summed E-state index contributed by atoms with van der Waals surface area (Å²) >= 11 is 0. The summed E-state index contributed by atoms with van der Waals surface area (Å²) < 4.78 is 19.6. The summed E-state index contributed by atoms with van der Waals surface area (Å²) in [6.07, 6.45) is 7.30. The Kier molecular flexibility index (Phi) is 3.42. The van der Waals surface area contributed by atoms with Crippen LogP contribution in [-0.2, 0) is 19.0 Å². The van der Waals surface area contributed by atoms with Gasteiger partial charge in [-0.25, -0.2) is 4.90 Å². The Morgan fingerprint density at radius 1 is 1.20 bits per heavy atom. The van der Waals surface area contributed by atoms with Crippen LogP contribution in [0.25, 0.3) is 0 Å². The third-order valence-electron chi connectivity index (χ3n) is 11.0. The van der Waals surface area contributed by atoms with Crippen LogP contribution < -0.4 is 0 Å². The van der Waals surface area contributed by atoms with E-state index in [4.69, 9.17) is 14.2 Å². The number of hydrogen-bond donors (Lipinski definition) is 1. The van der Waals surface area contributed by atoms with E-state index in [2.05, 4.69) is 11.8 Å². The van der Waals surface area contributed by atoms with Gasteiger partial charge in [-0.05, 0) is 57.3 Å². The van der Waals surface area contributed by atoms with Crippen LogP contribution in [0.2, 0.25) is 0 Å². The molecule has 4 aliphatic heterocycles. The number of rotatable bonds is 1. The molecule has 2 spiro atoms. The zero-order valence-corrected chi connectivity index (χ0v) is 18.4. The van der Waals surface area contributed by atoms with Gasteiger partial charge in [0.1, 0.15) is 24.7 Å². The molecule has 9 fully saturated rings. The summed E-state index contributed by atoms with van der Waals surface area (Å²) in [7, 11) is 0. The quantitative estimate of drug-likeness (QED) is 0.662. The number of ether oxygens (including phenoxy) is 3. The van der Waals surface area contributed by atoms with Crippen molar-refractivity contribution in [1.82, 2.24) is 4.90 Å². The van der Waals surface area contributed by atoms with Gasteiger partial charge < -0.3 is 19.3 Å². The van der Waals surface area contributed by atoms with Crippen molar-refractivity contribution >= 4 is 5.97 Å². The van der Waals surface area contributed by atoms with Crippen LogP contribution in [-0.4, -0.2) is 59.4 Å². The summed E-state index contributed by atoms with van der Waals surface area (Å²) in [6.45, 7) is 7.68. The lowest BCUT2D eigenvalue weighted by molar-refractivity contribution is -0.447. The first-order valence-electron chi connectivity index (χ1n) is 12.2. The molecule has 11 atom stereocenters. The van der Waals surface area contributed by atoms with E-state index in [1.807, 2.05) is 6.92 Å². The second kappa shape index (κ2) is 5.44. The SMILES string of the molecule is CC(=O)O[C@@H]1[C@H]2O[C@H]3N4CCO[C@H]4[C@@]4(C)CCC[C@]3([C@H]14)[C@@H]1C[C@@H]3CC[C@]21C[C@]3(C)O. The van der Waals surface area contributed by atoms with Gasteiger partial charge in [0, 0.05) is 35.6 Å². The molecule has 30 heavy (non-hydrogen) atoms. The Morgan fingerprint density at radius 2 is 2.03 bits per heavy atom. The molecule has 0 aromatic rings. The van der Waals surface area contributed by atoms with E-state index >= 15 is 0 Å². The highest BCUT2D eigenvalue weighted by molar-refractivity contribution is 5.66. The Hall–Kier alpha value is -0.690. The van der Waals surface area contributed by atoms with Gasteiger partial charge in [0.25, 0.3) is 0 Å². The standard InChI is InChI=1S/C24H35NO5/c1-13(26)29-16-17-21(2)6-4-7-24(17)15-11-14-5-8-23(15,12-22(14,3)27)18(16)30-20(24)25-9-10-28-19(21)25/h14-20,27H,4-12H2,1-3H3/t14-,15+,16-,17+,18+,19-,20+,21-,22-,23+,24+/m0/s1. The molecule has 4 saturated heterocycles. The second-order valence-corrected chi connectivity index (χ2v) is 12.2. The normalized spacial score (nSPS) is 62.7. The van der Waals surface area contributed by atoms with Crippen LogP contribution in [0.4, 0.5) is 0 Å². The molecule has 9 aliphatic rings. The molecule has 0 aromatic heterocycles. The maximum Gasteiger partial charge on any atom is 0.303 e. The fourth-order valence-electron chi connectivity index (χ4n) is 10.5. The molecular weight excluding hydrogens is 382 g/mol. The maximum atomic E-state index is 12.3. The Balaban J connectivity index is 1.46. The second-order valence-electron chi connectivity index (χ2n) is 12.2. The number of nitrogens with zero attached hydrogens (tertiary/aromatic N) is 1. The van der Waals surface area contributed by atoms with E-state index in [1.54, 1.807) is 6.92 Å². The summed E-state index contributed by atoms with van der Waals surface area (Å²) in [5, 5.41) is 11.3.